The SMILES string of the molecule is CC(C)[Si](C)(C)CCCN=C=O. The summed E-state index contributed by atoms with van der Waals surface area (Å²) in [5, 5.41) is 0. The highest BCUT2D eigenvalue weighted by Crippen LogP contribution is 2.25. The van der Waals surface area contributed by atoms with E-state index in [0.717, 1.165) is 12.0 Å². The second-order valence-electron chi connectivity index (χ2n) is 4.22. The van der Waals surface area contributed by atoms with Crippen LogP contribution >= 0.6 is 0 Å². The molecule has 0 atom stereocenters. The number of hydrogen-bond acceptors (Lipinski definition) is 2. The van der Waals surface area contributed by atoms with E-state index < -0.39 is 8.07 Å². The molecule has 0 radical (unpaired) electrons. The van der Waals surface area contributed by atoms with Crippen molar-refractivity contribution in [2.24, 2.45) is 4.99 Å². The first-order valence-corrected chi connectivity index (χ1v) is 7.83. The van der Waals surface area contributed by atoms with Gasteiger partial charge in [0, 0.05) is 8.07 Å². The second kappa shape index (κ2) is 5.28. The Labute approximate surface area is 76.1 Å². The third-order valence-corrected chi connectivity index (χ3v) is 7.49. The smallest absolute Gasteiger partial charge is 0.211 e. The fourth-order valence-corrected chi connectivity index (χ4v) is 2.59. The van der Waals surface area contributed by atoms with E-state index in [1.54, 1.807) is 6.08 Å². The lowest BCUT2D eigenvalue weighted by Crippen LogP contribution is -2.29. The molecule has 0 aliphatic carbocycles. The number of carbonyl (C=O) groups excluding carboxylic acids is 1. The Kier molecular flexibility index (Phi) is 5.10. The molecule has 0 rings (SSSR count). The average Bonchev–Trinajstić information content (AvgIpc) is 1.98. The number of nitrogens with zero attached hydrogens (tertiary/aromatic N) is 1. The summed E-state index contributed by atoms with van der Waals surface area (Å²) in [4.78, 5) is 13.3. The molecular formula is C9H19NOSi. The third kappa shape index (κ3) is 4.47. The van der Waals surface area contributed by atoms with Crippen LogP contribution in [0, 0.1) is 0 Å². The molecule has 0 amide bonds. The molecule has 0 bridgehead atoms. The number of isocyanates is 1. The molecule has 0 spiro atoms. The van der Waals surface area contributed by atoms with Crippen molar-refractivity contribution in [2.45, 2.75) is 44.9 Å². The van der Waals surface area contributed by atoms with Crippen molar-refractivity contribution >= 4 is 14.2 Å². The Morgan fingerprint density at radius 3 is 2.42 bits per heavy atom. The molecule has 3 heteroatoms. The van der Waals surface area contributed by atoms with E-state index in [1.807, 2.05) is 0 Å². The fourth-order valence-electron chi connectivity index (χ4n) is 0.948. The first-order chi connectivity index (χ1) is 5.50. The molecule has 0 saturated heterocycles. The van der Waals surface area contributed by atoms with Crippen LogP contribution in [-0.4, -0.2) is 20.7 Å². The van der Waals surface area contributed by atoms with Crippen molar-refractivity contribution in [1.82, 2.24) is 0 Å². The van der Waals surface area contributed by atoms with Crippen LogP contribution in [0.5, 0.6) is 0 Å². The van der Waals surface area contributed by atoms with Crippen LogP contribution in [0.4, 0.5) is 0 Å². The lowest BCUT2D eigenvalue weighted by Gasteiger charge is -2.26. The fraction of sp³-hybridized carbons (Fsp3) is 0.889. The number of aliphatic imine (C=N–C) groups is 1. The molecule has 0 aromatic carbocycles. The van der Waals surface area contributed by atoms with Gasteiger partial charge >= 0.3 is 0 Å². The van der Waals surface area contributed by atoms with Gasteiger partial charge in [0.1, 0.15) is 0 Å². The molecule has 0 N–H and O–H groups in total. The molecule has 2 nitrogen and oxygen atoms in total. The maximum Gasteiger partial charge on any atom is 0.234 e. The van der Waals surface area contributed by atoms with Crippen molar-refractivity contribution in [1.29, 1.82) is 0 Å². The molecule has 0 unspecified atom stereocenters. The van der Waals surface area contributed by atoms with Gasteiger partial charge in [-0.05, 0) is 6.42 Å². The quantitative estimate of drug-likeness (QED) is 0.280. The summed E-state index contributed by atoms with van der Waals surface area (Å²) in [6.45, 7) is 10.0. The van der Waals surface area contributed by atoms with E-state index in [4.69, 9.17) is 0 Å². The maximum atomic E-state index is 9.78. The summed E-state index contributed by atoms with van der Waals surface area (Å²) in [5.41, 5.74) is 0.817. The summed E-state index contributed by atoms with van der Waals surface area (Å²) in [6, 6.07) is 1.26. The Hall–Kier alpha value is -0.403. The zero-order valence-corrected chi connectivity index (χ0v) is 9.55. The van der Waals surface area contributed by atoms with E-state index in [2.05, 4.69) is 31.9 Å². The minimum absolute atomic E-state index is 0.659. The van der Waals surface area contributed by atoms with E-state index in [1.165, 1.54) is 6.04 Å². The molecule has 0 heterocycles. The van der Waals surface area contributed by atoms with Gasteiger partial charge in [0.2, 0.25) is 6.08 Å². The first-order valence-electron chi connectivity index (χ1n) is 4.54. The predicted octanol–water partition coefficient (Wildman–Crippen LogP) is 2.83. The average molecular weight is 185 g/mol. The van der Waals surface area contributed by atoms with Gasteiger partial charge in [-0.25, -0.2) is 9.79 Å². The molecule has 0 fully saturated rings. The minimum Gasteiger partial charge on any atom is -0.211 e. The molecule has 0 aromatic heterocycles. The lowest BCUT2D eigenvalue weighted by molar-refractivity contribution is 0.562. The molecule has 0 aliphatic rings. The monoisotopic (exact) mass is 185 g/mol. The van der Waals surface area contributed by atoms with Crippen molar-refractivity contribution in [2.75, 3.05) is 6.54 Å². The summed E-state index contributed by atoms with van der Waals surface area (Å²) in [6.07, 6.45) is 2.62. The summed E-state index contributed by atoms with van der Waals surface area (Å²) < 4.78 is 0. The van der Waals surface area contributed by atoms with Crippen molar-refractivity contribution in [3.05, 3.63) is 0 Å². The second-order valence-corrected chi connectivity index (χ2v) is 9.85. The van der Waals surface area contributed by atoms with E-state index >= 15 is 0 Å². The largest absolute Gasteiger partial charge is 0.234 e. The van der Waals surface area contributed by atoms with E-state index in [9.17, 15) is 4.79 Å². The van der Waals surface area contributed by atoms with Gasteiger partial charge in [-0.1, -0.05) is 38.5 Å². The highest BCUT2D eigenvalue weighted by atomic mass is 28.3. The topological polar surface area (TPSA) is 29.4 Å². The van der Waals surface area contributed by atoms with Gasteiger partial charge in [-0.3, -0.25) is 0 Å². The van der Waals surface area contributed by atoms with Crippen LogP contribution in [-0.2, 0) is 4.79 Å². The van der Waals surface area contributed by atoms with Crippen LogP contribution in [0.1, 0.15) is 20.3 Å². The minimum atomic E-state index is -1.02. The third-order valence-electron chi connectivity index (χ3n) is 2.72. The van der Waals surface area contributed by atoms with E-state index in [-0.39, 0.29) is 0 Å². The Bertz CT molecular complexity index is 171. The van der Waals surface area contributed by atoms with Crippen LogP contribution < -0.4 is 0 Å². The molecule has 12 heavy (non-hydrogen) atoms. The Morgan fingerprint density at radius 2 is 2.00 bits per heavy atom. The van der Waals surface area contributed by atoms with Gasteiger partial charge in [0.15, 0.2) is 0 Å². The van der Waals surface area contributed by atoms with E-state index in [0.29, 0.717) is 6.54 Å². The van der Waals surface area contributed by atoms with Gasteiger partial charge in [0.25, 0.3) is 0 Å². The molecule has 0 aliphatic heterocycles. The normalized spacial score (nSPS) is 11.4. The predicted molar refractivity (Wildman–Crippen MR) is 55.0 cm³/mol. The van der Waals surface area contributed by atoms with Crippen molar-refractivity contribution in [3.63, 3.8) is 0 Å². The van der Waals surface area contributed by atoms with Crippen molar-refractivity contribution < 1.29 is 4.79 Å². The summed E-state index contributed by atoms with van der Waals surface area (Å²) >= 11 is 0. The molecule has 0 aromatic rings. The highest BCUT2D eigenvalue weighted by Gasteiger charge is 2.23. The number of rotatable bonds is 5. The van der Waals surface area contributed by atoms with Crippen molar-refractivity contribution in [3.8, 4) is 0 Å². The Balaban J connectivity index is 3.68. The zero-order chi connectivity index (χ0) is 9.61. The van der Waals surface area contributed by atoms with Gasteiger partial charge in [-0.2, -0.15) is 0 Å². The lowest BCUT2D eigenvalue weighted by atomic mass is 10.5. The van der Waals surface area contributed by atoms with Gasteiger partial charge in [-0.15, -0.1) is 0 Å². The Morgan fingerprint density at radius 1 is 1.42 bits per heavy atom. The van der Waals surface area contributed by atoms with Crippen LogP contribution in [0.25, 0.3) is 0 Å². The first kappa shape index (κ1) is 11.6. The molecular weight excluding hydrogens is 166 g/mol. The zero-order valence-electron chi connectivity index (χ0n) is 8.55. The van der Waals surface area contributed by atoms with Gasteiger partial charge < -0.3 is 0 Å². The standard InChI is InChI=1S/C9H19NOSi/c1-9(2)12(3,4)7-5-6-10-8-11/h9H,5-7H2,1-4H3. The molecule has 0 saturated carbocycles. The number of hydrogen-bond donors (Lipinski definition) is 0. The van der Waals surface area contributed by atoms with Crippen LogP contribution in [0.3, 0.4) is 0 Å². The highest BCUT2D eigenvalue weighted by molar-refractivity contribution is 6.78. The summed E-state index contributed by atoms with van der Waals surface area (Å²) in [7, 11) is -1.02. The summed E-state index contributed by atoms with van der Waals surface area (Å²) in [5.74, 6) is 0. The molecule has 70 valence electrons. The maximum absolute atomic E-state index is 9.78. The van der Waals surface area contributed by atoms with Crippen LogP contribution in [0.15, 0.2) is 4.99 Å². The van der Waals surface area contributed by atoms with Gasteiger partial charge in [0.05, 0.1) is 6.54 Å². The van der Waals surface area contributed by atoms with Crippen LogP contribution in [0.2, 0.25) is 24.7 Å².